The van der Waals surface area contributed by atoms with Gasteiger partial charge in [-0.25, -0.2) is 0 Å². The molecule has 1 aliphatic carbocycles. The number of aliphatic carboxylic acids is 1. The second-order valence-electron chi connectivity index (χ2n) is 4.96. The number of hydrogen-bond acceptors (Lipinski definition) is 2. The summed E-state index contributed by atoms with van der Waals surface area (Å²) in [7, 11) is 0. The van der Waals surface area contributed by atoms with Gasteiger partial charge in [-0.05, 0) is 42.9 Å². The number of halogens is 1. The molecule has 0 saturated heterocycles. The number of ether oxygens (including phenoxy) is 1. The van der Waals surface area contributed by atoms with Gasteiger partial charge in [-0.2, -0.15) is 0 Å². The van der Waals surface area contributed by atoms with E-state index < -0.39 is 11.9 Å². The highest BCUT2D eigenvalue weighted by Crippen LogP contribution is 2.32. The molecule has 1 aromatic rings. The van der Waals surface area contributed by atoms with E-state index in [1.54, 1.807) is 13.0 Å². The molecule has 4 heteroatoms. The summed E-state index contributed by atoms with van der Waals surface area (Å²) < 4.78 is 5.66. The van der Waals surface area contributed by atoms with Crippen molar-refractivity contribution < 1.29 is 14.6 Å². The minimum Gasteiger partial charge on any atom is -0.492 e. The molecule has 1 aromatic carbocycles. The Morgan fingerprint density at radius 2 is 2.28 bits per heavy atom. The van der Waals surface area contributed by atoms with Crippen molar-refractivity contribution in [3.8, 4) is 5.75 Å². The van der Waals surface area contributed by atoms with Crippen LogP contribution >= 0.6 is 11.6 Å². The highest BCUT2D eigenvalue weighted by molar-refractivity contribution is 6.32. The van der Waals surface area contributed by atoms with Crippen LogP contribution in [0.15, 0.2) is 18.2 Å². The number of hydrogen-bond donors (Lipinski definition) is 1. The summed E-state index contributed by atoms with van der Waals surface area (Å²) in [4.78, 5) is 10.8. The van der Waals surface area contributed by atoms with Crippen molar-refractivity contribution in [1.82, 2.24) is 0 Å². The molecule has 3 nitrogen and oxygen atoms in total. The monoisotopic (exact) mass is 268 g/mol. The van der Waals surface area contributed by atoms with E-state index >= 15 is 0 Å². The van der Waals surface area contributed by atoms with E-state index in [4.69, 9.17) is 21.4 Å². The molecule has 1 saturated carbocycles. The van der Waals surface area contributed by atoms with Crippen LogP contribution in [0.25, 0.3) is 0 Å². The first-order valence-electron chi connectivity index (χ1n) is 6.20. The lowest BCUT2D eigenvalue weighted by Crippen LogP contribution is -2.12. The van der Waals surface area contributed by atoms with Gasteiger partial charge in [0.05, 0.1) is 17.5 Å². The Morgan fingerprint density at radius 3 is 2.89 bits per heavy atom. The molecule has 1 aliphatic rings. The molecule has 0 bridgehead atoms. The van der Waals surface area contributed by atoms with Gasteiger partial charge in [-0.1, -0.05) is 24.6 Å². The van der Waals surface area contributed by atoms with Crippen LogP contribution in [0.1, 0.15) is 25.3 Å². The second-order valence-corrected chi connectivity index (χ2v) is 5.37. The highest BCUT2D eigenvalue weighted by Gasteiger charge is 2.22. The van der Waals surface area contributed by atoms with Crippen LogP contribution in [0.2, 0.25) is 5.02 Å². The van der Waals surface area contributed by atoms with Gasteiger partial charge in [0, 0.05) is 0 Å². The number of rotatable bonds is 6. The fourth-order valence-corrected chi connectivity index (χ4v) is 1.89. The van der Waals surface area contributed by atoms with Gasteiger partial charge >= 0.3 is 5.97 Å². The largest absolute Gasteiger partial charge is 0.492 e. The first-order chi connectivity index (χ1) is 8.56. The summed E-state index contributed by atoms with van der Waals surface area (Å²) in [5.74, 6) is 0.147. The fraction of sp³-hybridized carbons (Fsp3) is 0.500. The first kappa shape index (κ1) is 13.2. The average molecular weight is 269 g/mol. The lowest BCUT2D eigenvalue weighted by molar-refractivity contribution is -0.141. The maximum Gasteiger partial charge on any atom is 0.306 e. The van der Waals surface area contributed by atoms with E-state index in [0.29, 0.717) is 29.7 Å². The SMILES string of the molecule is CC(Cc1ccc(Cl)c(OCC2CC2)c1)C(=O)O. The number of benzene rings is 1. The van der Waals surface area contributed by atoms with Gasteiger partial charge in [-0.15, -0.1) is 0 Å². The molecule has 1 atom stereocenters. The van der Waals surface area contributed by atoms with Gasteiger partial charge in [0.15, 0.2) is 0 Å². The Kier molecular flexibility index (Phi) is 4.12. The Hall–Kier alpha value is -1.22. The van der Waals surface area contributed by atoms with Gasteiger partial charge in [0.25, 0.3) is 0 Å². The predicted molar refractivity (Wildman–Crippen MR) is 70.2 cm³/mol. The Bertz CT molecular complexity index is 441. The summed E-state index contributed by atoms with van der Waals surface area (Å²) in [6, 6.07) is 5.48. The van der Waals surface area contributed by atoms with E-state index in [9.17, 15) is 4.79 Å². The van der Waals surface area contributed by atoms with E-state index in [1.165, 1.54) is 12.8 Å². The number of carboxylic acids is 1. The van der Waals surface area contributed by atoms with Crippen molar-refractivity contribution in [3.63, 3.8) is 0 Å². The molecule has 0 heterocycles. The van der Waals surface area contributed by atoms with Crippen LogP contribution < -0.4 is 4.74 Å². The second kappa shape index (κ2) is 5.61. The van der Waals surface area contributed by atoms with E-state index in [2.05, 4.69) is 0 Å². The Morgan fingerprint density at radius 1 is 1.56 bits per heavy atom. The predicted octanol–water partition coefficient (Wildman–Crippen LogP) is 3.39. The van der Waals surface area contributed by atoms with Gasteiger partial charge < -0.3 is 9.84 Å². The Balaban J connectivity index is 2.02. The third-order valence-corrected chi connectivity index (χ3v) is 3.44. The first-order valence-corrected chi connectivity index (χ1v) is 6.58. The van der Waals surface area contributed by atoms with Crippen molar-refractivity contribution in [2.75, 3.05) is 6.61 Å². The van der Waals surface area contributed by atoms with Crippen LogP contribution in [-0.2, 0) is 11.2 Å². The summed E-state index contributed by atoms with van der Waals surface area (Å²) in [5, 5.41) is 9.48. The molecule has 0 aliphatic heterocycles. The molecule has 1 unspecified atom stereocenters. The molecule has 98 valence electrons. The third-order valence-electron chi connectivity index (χ3n) is 3.13. The molecule has 1 N–H and O–H groups in total. The number of carbonyl (C=O) groups is 1. The highest BCUT2D eigenvalue weighted by atomic mass is 35.5. The van der Waals surface area contributed by atoms with Crippen LogP contribution in [0.3, 0.4) is 0 Å². The van der Waals surface area contributed by atoms with Crippen LogP contribution in [0, 0.1) is 11.8 Å². The summed E-state index contributed by atoms with van der Waals surface area (Å²) >= 11 is 6.06. The van der Waals surface area contributed by atoms with Gasteiger partial charge in [0.2, 0.25) is 0 Å². The minimum atomic E-state index is -0.787. The van der Waals surface area contributed by atoms with Crippen molar-refractivity contribution in [2.24, 2.45) is 11.8 Å². The van der Waals surface area contributed by atoms with Crippen molar-refractivity contribution >= 4 is 17.6 Å². The fourth-order valence-electron chi connectivity index (χ4n) is 1.72. The molecule has 0 radical (unpaired) electrons. The van der Waals surface area contributed by atoms with Crippen molar-refractivity contribution in [2.45, 2.75) is 26.2 Å². The summed E-state index contributed by atoms with van der Waals surface area (Å²) in [6.07, 6.45) is 2.95. The lowest BCUT2D eigenvalue weighted by Gasteiger charge is -2.11. The lowest BCUT2D eigenvalue weighted by atomic mass is 10.0. The van der Waals surface area contributed by atoms with E-state index in [0.717, 1.165) is 5.56 Å². The molecule has 0 amide bonds. The zero-order chi connectivity index (χ0) is 13.1. The van der Waals surface area contributed by atoms with Crippen LogP contribution in [0.5, 0.6) is 5.75 Å². The van der Waals surface area contributed by atoms with Crippen LogP contribution in [-0.4, -0.2) is 17.7 Å². The molecular weight excluding hydrogens is 252 g/mol. The van der Waals surface area contributed by atoms with E-state index in [-0.39, 0.29) is 0 Å². The normalized spacial score (nSPS) is 16.3. The molecule has 2 rings (SSSR count). The topological polar surface area (TPSA) is 46.5 Å². The van der Waals surface area contributed by atoms with Crippen molar-refractivity contribution in [1.29, 1.82) is 0 Å². The molecule has 0 spiro atoms. The maximum absolute atomic E-state index is 10.8. The standard InChI is InChI=1S/C14H17ClO3/c1-9(14(16)17)6-11-4-5-12(15)13(7-11)18-8-10-2-3-10/h4-5,7,9-10H,2-3,6,8H2,1H3,(H,16,17). The maximum atomic E-state index is 10.8. The smallest absolute Gasteiger partial charge is 0.306 e. The van der Waals surface area contributed by atoms with Gasteiger partial charge in [0.1, 0.15) is 5.75 Å². The zero-order valence-electron chi connectivity index (χ0n) is 10.4. The Labute approximate surface area is 112 Å². The molecule has 18 heavy (non-hydrogen) atoms. The van der Waals surface area contributed by atoms with E-state index in [1.807, 2.05) is 12.1 Å². The average Bonchev–Trinajstić information content (AvgIpc) is 3.13. The van der Waals surface area contributed by atoms with Gasteiger partial charge in [-0.3, -0.25) is 4.79 Å². The molecular formula is C14H17ClO3. The quantitative estimate of drug-likeness (QED) is 0.860. The third kappa shape index (κ3) is 3.64. The summed E-state index contributed by atoms with van der Waals surface area (Å²) in [6.45, 7) is 2.40. The molecule has 0 aromatic heterocycles. The number of carboxylic acid groups (broad SMARTS) is 1. The van der Waals surface area contributed by atoms with Crippen LogP contribution in [0.4, 0.5) is 0 Å². The summed E-state index contributed by atoms with van der Waals surface area (Å²) in [5.41, 5.74) is 0.945. The zero-order valence-corrected chi connectivity index (χ0v) is 11.1. The minimum absolute atomic E-state index is 0.401. The molecule has 1 fully saturated rings. The van der Waals surface area contributed by atoms with Crippen molar-refractivity contribution in [3.05, 3.63) is 28.8 Å².